The minimum Gasteiger partial charge on any atom is -0.308 e. The van der Waals surface area contributed by atoms with Gasteiger partial charge < -0.3 is 5.32 Å². The van der Waals surface area contributed by atoms with Gasteiger partial charge in [-0.2, -0.15) is 5.10 Å². The summed E-state index contributed by atoms with van der Waals surface area (Å²) in [5.41, 5.74) is 4.32. The number of hydrogen-bond donors (Lipinski definition) is 2. The number of aromatic nitrogens is 4. The van der Waals surface area contributed by atoms with Crippen LogP contribution < -0.4 is 5.32 Å². The summed E-state index contributed by atoms with van der Waals surface area (Å²) >= 11 is 0. The second kappa shape index (κ2) is 5.93. The second-order valence-electron chi connectivity index (χ2n) is 4.50. The average molecular weight is 259 g/mol. The molecule has 2 N–H and O–H groups in total. The summed E-state index contributed by atoms with van der Waals surface area (Å²) in [4.78, 5) is 9.06. The van der Waals surface area contributed by atoms with Gasteiger partial charge in [0, 0.05) is 24.3 Å². The van der Waals surface area contributed by atoms with E-state index >= 15 is 0 Å². The van der Waals surface area contributed by atoms with Crippen LogP contribution in [0.5, 0.6) is 0 Å². The van der Waals surface area contributed by atoms with Crippen molar-refractivity contribution in [1.82, 2.24) is 25.5 Å². The second-order valence-corrected chi connectivity index (χ2v) is 4.50. The monoisotopic (exact) mass is 259 g/mol. The van der Waals surface area contributed by atoms with Crippen LogP contribution in [0.15, 0.2) is 12.3 Å². The number of nitrogens with one attached hydrogen (secondary N) is 2. The van der Waals surface area contributed by atoms with Crippen molar-refractivity contribution in [2.24, 2.45) is 0 Å². The van der Waals surface area contributed by atoms with E-state index in [2.05, 4.69) is 32.4 Å². The molecule has 102 valence electrons. The molecule has 0 saturated carbocycles. The van der Waals surface area contributed by atoms with Gasteiger partial charge in [-0.05, 0) is 26.3 Å². The number of rotatable bonds is 1. The average Bonchev–Trinajstić information content (AvgIpc) is 2.94. The third kappa shape index (κ3) is 2.81. The van der Waals surface area contributed by atoms with Gasteiger partial charge in [0.25, 0.3) is 0 Å². The summed E-state index contributed by atoms with van der Waals surface area (Å²) in [6.07, 6.45) is 2.72. The third-order valence-corrected chi connectivity index (χ3v) is 3.09. The molecule has 2 aromatic rings. The first-order valence-corrected chi connectivity index (χ1v) is 6.83. The Morgan fingerprint density at radius 2 is 2.05 bits per heavy atom. The Hall–Kier alpha value is -1.75. The van der Waals surface area contributed by atoms with Crippen LogP contribution in [0.25, 0.3) is 11.4 Å². The number of aromatic amines is 1. The fourth-order valence-corrected chi connectivity index (χ4v) is 2.27. The highest BCUT2D eigenvalue weighted by molar-refractivity contribution is 5.60. The van der Waals surface area contributed by atoms with Crippen LogP contribution in [-0.2, 0) is 13.0 Å². The van der Waals surface area contributed by atoms with Gasteiger partial charge in [-0.3, -0.25) is 5.10 Å². The van der Waals surface area contributed by atoms with E-state index in [0.29, 0.717) is 6.04 Å². The first-order chi connectivity index (χ1) is 9.24. The Kier molecular flexibility index (Phi) is 4.27. The number of hydrogen-bond acceptors (Lipinski definition) is 4. The zero-order valence-electron chi connectivity index (χ0n) is 12.0. The molecule has 19 heavy (non-hydrogen) atoms. The molecule has 1 unspecified atom stereocenters. The van der Waals surface area contributed by atoms with Gasteiger partial charge in [0.05, 0.1) is 17.1 Å². The molecule has 1 aliphatic heterocycles. The van der Waals surface area contributed by atoms with Crippen LogP contribution >= 0.6 is 0 Å². The minimum absolute atomic E-state index is 0.468. The maximum absolute atomic E-state index is 4.55. The topological polar surface area (TPSA) is 66.5 Å². The zero-order valence-corrected chi connectivity index (χ0v) is 12.0. The lowest BCUT2D eigenvalue weighted by Gasteiger charge is -2.24. The van der Waals surface area contributed by atoms with Crippen LogP contribution in [-0.4, -0.2) is 26.2 Å². The number of aryl methyl sites for hydroxylation is 1. The fourth-order valence-electron chi connectivity index (χ4n) is 2.27. The van der Waals surface area contributed by atoms with Crippen LogP contribution in [0, 0.1) is 6.92 Å². The lowest BCUT2D eigenvalue weighted by atomic mass is 9.97. The van der Waals surface area contributed by atoms with E-state index in [-0.39, 0.29) is 0 Å². The van der Waals surface area contributed by atoms with E-state index in [1.807, 2.05) is 26.8 Å². The van der Waals surface area contributed by atoms with Crippen molar-refractivity contribution in [3.63, 3.8) is 0 Å². The standard InChI is InChI=1S/C12H15N5.C2H6/c1-7-5-9-11(6-13-7)15-8(2)16-12(9)10-3-4-14-17-10;1-2/h3-4,7,13H,5-6H2,1-2H3,(H,14,17);1-2H3. The molecular weight excluding hydrogens is 238 g/mol. The van der Waals surface area contributed by atoms with E-state index in [9.17, 15) is 0 Å². The number of H-pyrrole nitrogens is 1. The highest BCUT2D eigenvalue weighted by Gasteiger charge is 2.21. The SMILES string of the molecule is CC.Cc1nc2c(c(-c3ccn[nH]3)n1)CC(C)NC2. The van der Waals surface area contributed by atoms with Crippen LogP contribution in [0.4, 0.5) is 0 Å². The van der Waals surface area contributed by atoms with E-state index in [1.165, 1.54) is 5.56 Å². The smallest absolute Gasteiger partial charge is 0.126 e. The number of fused-ring (bicyclic) bond motifs is 1. The lowest BCUT2D eigenvalue weighted by molar-refractivity contribution is 0.502. The molecule has 0 aliphatic carbocycles. The van der Waals surface area contributed by atoms with Crippen molar-refractivity contribution in [3.8, 4) is 11.4 Å². The van der Waals surface area contributed by atoms with Crippen molar-refractivity contribution in [2.45, 2.75) is 46.7 Å². The summed E-state index contributed by atoms with van der Waals surface area (Å²) in [6, 6.07) is 2.42. The maximum atomic E-state index is 4.55. The Labute approximate surface area is 113 Å². The minimum atomic E-state index is 0.468. The zero-order chi connectivity index (χ0) is 13.8. The summed E-state index contributed by atoms with van der Waals surface area (Å²) in [5.74, 6) is 0.810. The molecule has 0 bridgehead atoms. The van der Waals surface area contributed by atoms with Crippen LogP contribution in [0.1, 0.15) is 37.9 Å². The van der Waals surface area contributed by atoms with E-state index in [0.717, 1.165) is 35.9 Å². The molecule has 5 heteroatoms. The molecule has 0 spiro atoms. The van der Waals surface area contributed by atoms with Gasteiger partial charge >= 0.3 is 0 Å². The van der Waals surface area contributed by atoms with E-state index in [1.54, 1.807) is 6.20 Å². The largest absolute Gasteiger partial charge is 0.308 e. The van der Waals surface area contributed by atoms with Gasteiger partial charge in [0.2, 0.25) is 0 Å². The van der Waals surface area contributed by atoms with Crippen LogP contribution in [0.3, 0.4) is 0 Å². The Balaban J connectivity index is 0.000000637. The van der Waals surface area contributed by atoms with Gasteiger partial charge in [-0.15, -0.1) is 0 Å². The molecule has 0 saturated heterocycles. The summed E-state index contributed by atoms with van der Waals surface area (Å²) in [5, 5.41) is 10.4. The van der Waals surface area contributed by atoms with Gasteiger partial charge in [0.15, 0.2) is 0 Å². The van der Waals surface area contributed by atoms with Crippen molar-refractivity contribution < 1.29 is 0 Å². The van der Waals surface area contributed by atoms with Crippen molar-refractivity contribution >= 4 is 0 Å². The molecule has 0 amide bonds. The Morgan fingerprint density at radius 1 is 1.26 bits per heavy atom. The van der Waals surface area contributed by atoms with Crippen molar-refractivity contribution in [1.29, 1.82) is 0 Å². The number of nitrogens with zero attached hydrogens (tertiary/aromatic N) is 3. The first kappa shape index (κ1) is 13.7. The molecule has 1 atom stereocenters. The maximum Gasteiger partial charge on any atom is 0.126 e. The molecule has 0 radical (unpaired) electrons. The fraction of sp³-hybridized carbons (Fsp3) is 0.500. The quantitative estimate of drug-likeness (QED) is 0.824. The van der Waals surface area contributed by atoms with Gasteiger partial charge in [0.1, 0.15) is 5.82 Å². The van der Waals surface area contributed by atoms with Gasteiger partial charge in [-0.25, -0.2) is 9.97 Å². The summed E-state index contributed by atoms with van der Waals surface area (Å²) in [6.45, 7) is 8.93. The van der Waals surface area contributed by atoms with Crippen molar-refractivity contribution in [3.05, 3.63) is 29.3 Å². The Bertz CT molecular complexity index is 533. The molecule has 1 aliphatic rings. The summed E-state index contributed by atoms with van der Waals surface area (Å²) < 4.78 is 0. The molecule has 3 rings (SSSR count). The van der Waals surface area contributed by atoms with Gasteiger partial charge in [-0.1, -0.05) is 13.8 Å². The predicted molar refractivity (Wildman–Crippen MR) is 75.7 cm³/mol. The molecule has 3 heterocycles. The van der Waals surface area contributed by atoms with E-state index < -0.39 is 0 Å². The molecule has 0 fully saturated rings. The molecular formula is C14H21N5. The van der Waals surface area contributed by atoms with Crippen LogP contribution in [0.2, 0.25) is 0 Å². The Morgan fingerprint density at radius 3 is 2.74 bits per heavy atom. The first-order valence-electron chi connectivity index (χ1n) is 6.83. The predicted octanol–water partition coefficient (Wildman–Crippen LogP) is 2.24. The highest BCUT2D eigenvalue weighted by Crippen LogP contribution is 2.25. The lowest BCUT2D eigenvalue weighted by Crippen LogP contribution is -2.34. The molecule has 0 aromatic carbocycles. The summed E-state index contributed by atoms with van der Waals surface area (Å²) in [7, 11) is 0. The normalized spacial score (nSPS) is 17.4. The van der Waals surface area contributed by atoms with E-state index in [4.69, 9.17) is 0 Å². The molecule has 2 aromatic heterocycles. The molecule has 5 nitrogen and oxygen atoms in total. The third-order valence-electron chi connectivity index (χ3n) is 3.09. The highest BCUT2D eigenvalue weighted by atomic mass is 15.1. The van der Waals surface area contributed by atoms with Crippen molar-refractivity contribution in [2.75, 3.05) is 0 Å².